The van der Waals surface area contributed by atoms with Crippen LogP contribution in [0.1, 0.15) is 68.1 Å². The van der Waals surface area contributed by atoms with Gasteiger partial charge in [0, 0.05) is 44.8 Å². The Bertz CT molecular complexity index is 871. The molecular formula is C24H38N4O3S. The predicted molar refractivity (Wildman–Crippen MR) is 128 cm³/mol. The average molecular weight is 463 g/mol. The normalized spacial score (nSPS) is 21.4. The van der Waals surface area contributed by atoms with E-state index in [0.717, 1.165) is 70.5 Å². The summed E-state index contributed by atoms with van der Waals surface area (Å²) < 4.78 is 28.8. The fraction of sp³-hybridized carbons (Fsp3) is 0.708. The van der Waals surface area contributed by atoms with Gasteiger partial charge < -0.3 is 15.1 Å². The summed E-state index contributed by atoms with van der Waals surface area (Å²) in [6.45, 7) is 6.48. The molecular weight excluding hydrogens is 424 g/mol. The average Bonchev–Trinajstić information content (AvgIpc) is 2.85. The zero-order valence-electron chi connectivity index (χ0n) is 19.2. The van der Waals surface area contributed by atoms with Crippen molar-refractivity contribution in [2.24, 2.45) is 0 Å². The Hall–Kier alpha value is -1.64. The second-order valence-electron chi connectivity index (χ2n) is 9.35. The maximum Gasteiger partial charge on any atom is 0.251 e. The summed E-state index contributed by atoms with van der Waals surface area (Å²) in [5.41, 5.74) is 1.18. The molecule has 3 fully saturated rings. The second-order valence-corrected chi connectivity index (χ2v) is 11.3. The van der Waals surface area contributed by atoms with Gasteiger partial charge in [0.15, 0.2) is 0 Å². The molecule has 0 atom stereocenters. The van der Waals surface area contributed by atoms with Crippen LogP contribution in [0.3, 0.4) is 0 Å². The fourth-order valence-corrected chi connectivity index (χ4v) is 6.87. The molecule has 3 aliphatic heterocycles. The number of likely N-dealkylation sites (tertiary alicyclic amines) is 1. The van der Waals surface area contributed by atoms with Gasteiger partial charge in [-0.05, 0) is 76.2 Å². The standard InChI is InChI=1S/C24H38N4O3S/c29-24(25-12-19-26-13-4-1-5-14-26)21-10-11-22(27-15-6-2-7-16-27)23(20-21)32(30,31)28-17-8-3-9-18-28/h10-11,20H,1-9,12-19H2,(H,25,29). The molecule has 3 aliphatic rings. The molecule has 0 aliphatic carbocycles. The van der Waals surface area contributed by atoms with Crippen LogP contribution in [0.2, 0.25) is 0 Å². The van der Waals surface area contributed by atoms with Gasteiger partial charge in [-0.15, -0.1) is 0 Å². The highest BCUT2D eigenvalue weighted by molar-refractivity contribution is 7.89. The number of nitrogens with one attached hydrogen (secondary N) is 1. The molecule has 1 N–H and O–H groups in total. The largest absolute Gasteiger partial charge is 0.370 e. The summed E-state index contributed by atoms with van der Waals surface area (Å²) in [6.07, 6.45) is 9.94. The van der Waals surface area contributed by atoms with Gasteiger partial charge in [0.2, 0.25) is 10.0 Å². The Morgan fingerprint density at radius 3 is 2.06 bits per heavy atom. The number of carbonyl (C=O) groups is 1. The van der Waals surface area contributed by atoms with E-state index in [1.54, 1.807) is 16.4 Å². The lowest BCUT2D eigenvalue weighted by Gasteiger charge is -2.33. The number of nitrogens with zero attached hydrogens (tertiary/aromatic N) is 3. The van der Waals surface area contributed by atoms with Crippen LogP contribution < -0.4 is 10.2 Å². The van der Waals surface area contributed by atoms with E-state index in [-0.39, 0.29) is 5.91 Å². The van der Waals surface area contributed by atoms with Crippen molar-refractivity contribution in [2.45, 2.75) is 62.7 Å². The highest BCUT2D eigenvalue weighted by atomic mass is 32.2. The van der Waals surface area contributed by atoms with Crippen LogP contribution in [0.4, 0.5) is 5.69 Å². The van der Waals surface area contributed by atoms with E-state index in [1.165, 1.54) is 25.7 Å². The first-order valence-electron chi connectivity index (χ1n) is 12.5. The molecule has 8 heteroatoms. The SMILES string of the molecule is O=C(NCCN1CCCCC1)c1ccc(N2CCCCC2)c(S(=O)(=O)N2CCCCC2)c1. The van der Waals surface area contributed by atoms with E-state index in [9.17, 15) is 13.2 Å². The van der Waals surface area contributed by atoms with Crippen LogP contribution in [-0.4, -0.2) is 75.9 Å². The van der Waals surface area contributed by atoms with Crippen LogP contribution in [0, 0.1) is 0 Å². The van der Waals surface area contributed by atoms with Gasteiger partial charge in [-0.25, -0.2) is 8.42 Å². The zero-order valence-corrected chi connectivity index (χ0v) is 20.0. The van der Waals surface area contributed by atoms with Crippen LogP contribution in [-0.2, 0) is 10.0 Å². The molecule has 0 bridgehead atoms. The topological polar surface area (TPSA) is 73.0 Å². The molecule has 3 heterocycles. The van der Waals surface area contributed by atoms with Gasteiger partial charge in [-0.2, -0.15) is 4.31 Å². The second kappa shape index (κ2) is 11.0. The van der Waals surface area contributed by atoms with E-state index in [2.05, 4.69) is 15.1 Å². The van der Waals surface area contributed by atoms with Crippen molar-refractivity contribution in [1.82, 2.24) is 14.5 Å². The number of hydrogen-bond acceptors (Lipinski definition) is 5. The van der Waals surface area contributed by atoms with Crippen molar-refractivity contribution in [2.75, 3.05) is 57.3 Å². The van der Waals surface area contributed by atoms with E-state index < -0.39 is 10.0 Å². The molecule has 1 amide bonds. The van der Waals surface area contributed by atoms with Gasteiger partial charge >= 0.3 is 0 Å². The molecule has 4 rings (SSSR count). The number of anilines is 1. The molecule has 7 nitrogen and oxygen atoms in total. The van der Waals surface area contributed by atoms with Crippen LogP contribution in [0.25, 0.3) is 0 Å². The quantitative estimate of drug-likeness (QED) is 0.674. The number of carbonyl (C=O) groups excluding carboxylic acids is 1. The number of hydrogen-bond donors (Lipinski definition) is 1. The van der Waals surface area contributed by atoms with E-state index in [0.29, 0.717) is 30.1 Å². The Morgan fingerprint density at radius 1 is 0.812 bits per heavy atom. The van der Waals surface area contributed by atoms with Crippen LogP contribution >= 0.6 is 0 Å². The highest BCUT2D eigenvalue weighted by Crippen LogP contribution is 2.32. The lowest BCUT2D eigenvalue weighted by atomic mass is 10.1. The van der Waals surface area contributed by atoms with Gasteiger partial charge in [-0.1, -0.05) is 12.8 Å². The molecule has 3 saturated heterocycles. The number of benzene rings is 1. The van der Waals surface area contributed by atoms with Crippen molar-refractivity contribution in [3.05, 3.63) is 23.8 Å². The first-order chi connectivity index (χ1) is 15.6. The highest BCUT2D eigenvalue weighted by Gasteiger charge is 2.31. The Morgan fingerprint density at radius 2 is 1.41 bits per heavy atom. The molecule has 32 heavy (non-hydrogen) atoms. The minimum Gasteiger partial charge on any atom is -0.370 e. The molecule has 0 saturated carbocycles. The minimum atomic E-state index is -3.63. The molecule has 0 spiro atoms. The number of rotatable bonds is 7. The van der Waals surface area contributed by atoms with Crippen molar-refractivity contribution in [1.29, 1.82) is 0 Å². The van der Waals surface area contributed by atoms with Gasteiger partial charge in [0.05, 0.1) is 5.69 Å². The van der Waals surface area contributed by atoms with Crippen LogP contribution in [0.5, 0.6) is 0 Å². The first kappa shape index (κ1) is 23.5. The molecule has 0 aromatic heterocycles. The van der Waals surface area contributed by atoms with Crippen molar-refractivity contribution < 1.29 is 13.2 Å². The number of sulfonamides is 1. The van der Waals surface area contributed by atoms with Crippen LogP contribution in [0.15, 0.2) is 23.1 Å². The van der Waals surface area contributed by atoms with Crippen molar-refractivity contribution in [3.63, 3.8) is 0 Å². The lowest BCUT2D eigenvalue weighted by molar-refractivity contribution is 0.0946. The summed E-state index contributed by atoms with van der Waals surface area (Å²) in [5, 5.41) is 3.00. The summed E-state index contributed by atoms with van der Waals surface area (Å²) in [4.78, 5) is 17.7. The van der Waals surface area contributed by atoms with Crippen molar-refractivity contribution in [3.8, 4) is 0 Å². The summed E-state index contributed by atoms with van der Waals surface area (Å²) in [5.74, 6) is -0.192. The molecule has 0 radical (unpaired) electrons. The van der Waals surface area contributed by atoms with E-state index in [1.807, 2.05) is 6.07 Å². The van der Waals surface area contributed by atoms with Gasteiger partial charge in [-0.3, -0.25) is 4.79 Å². The lowest BCUT2D eigenvalue weighted by Crippen LogP contribution is -2.38. The summed E-state index contributed by atoms with van der Waals surface area (Å²) in [6, 6.07) is 5.25. The van der Waals surface area contributed by atoms with E-state index >= 15 is 0 Å². The summed E-state index contributed by atoms with van der Waals surface area (Å²) in [7, 11) is -3.63. The maximum atomic E-state index is 13.6. The molecule has 0 unspecified atom stereocenters. The summed E-state index contributed by atoms with van der Waals surface area (Å²) >= 11 is 0. The maximum absolute atomic E-state index is 13.6. The Balaban J connectivity index is 1.53. The molecule has 178 valence electrons. The monoisotopic (exact) mass is 462 g/mol. The molecule has 1 aromatic rings. The van der Waals surface area contributed by atoms with Crippen molar-refractivity contribution >= 4 is 21.6 Å². The minimum absolute atomic E-state index is 0.192. The molecule has 1 aromatic carbocycles. The fourth-order valence-electron chi connectivity index (χ4n) is 5.11. The smallest absolute Gasteiger partial charge is 0.251 e. The Labute approximate surface area is 193 Å². The third-order valence-corrected chi connectivity index (χ3v) is 8.94. The number of piperidine rings is 3. The first-order valence-corrected chi connectivity index (χ1v) is 13.9. The predicted octanol–water partition coefficient (Wildman–Crippen LogP) is 3.07. The third-order valence-electron chi connectivity index (χ3n) is 7.01. The zero-order chi connectivity index (χ0) is 22.4. The van der Waals surface area contributed by atoms with Gasteiger partial charge in [0.1, 0.15) is 4.90 Å². The Kier molecular flexibility index (Phi) is 8.07. The number of amides is 1. The van der Waals surface area contributed by atoms with Gasteiger partial charge in [0.25, 0.3) is 5.91 Å². The van der Waals surface area contributed by atoms with E-state index in [4.69, 9.17) is 0 Å². The third kappa shape index (κ3) is 5.64.